The highest BCUT2D eigenvalue weighted by Gasteiger charge is 2.48. The Kier molecular flexibility index (Phi) is 50.6. The molecule has 12 atom stereocenters. The van der Waals surface area contributed by atoms with Crippen molar-refractivity contribution in [3.8, 4) is 0 Å². The van der Waals surface area contributed by atoms with Gasteiger partial charge < -0.3 is 30.6 Å². The largest absolute Gasteiger partial charge is 0.460 e. The second kappa shape index (κ2) is 53.2. The fourth-order valence-electron chi connectivity index (χ4n) is 10.3. The number of hydrogen-bond acceptors (Lipinski definition) is 19. The third kappa shape index (κ3) is 44.1. The van der Waals surface area contributed by atoms with Crippen LogP contribution in [0.4, 0.5) is 57.1 Å². The lowest BCUT2D eigenvalue weighted by molar-refractivity contribution is -0.209. The zero-order chi connectivity index (χ0) is 105. The molecule has 0 aliphatic heterocycles. The van der Waals surface area contributed by atoms with Gasteiger partial charge in [-0.25, -0.2) is 74.2 Å². The van der Waals surface area contributed by atoms with Crippen molar-refractivity contribution in [2.75, 3.05) is 6.61 Å². The maximum absolute atomic E-state index is 14.4. The van der Waals surface area contributed by atoms with Gasteiger partial charge in [0.2, 0.25) is 35.7 Å². The molecule has 0 radical (unpaired) electrons. The van der Waals surface area contributed by atoms with E-state index in [0.717, 1.165) is 12.4 Å². The molecular weight excluding hydrogens is 2360 g/mol. The highest BCUT2D eigenvalue weighted by molar-refractivity contribution is 9.11. The molecule has 0 aliphatic carbocycles. The highest BCUT2D eigenvalue weighted by atomic mass is 79.9. The number of aldehydes is 1. The summed E-state index contributed by atoms with van der Waals surface area (Å²) in [6, 6.07) is 13.0. The van der Waals surface area contributed by atoms with Crippen LogP contribution in [0.15, 0.2) is 127 Å². The van der Waals surface area contributed by atoms with Gasteiger partial charge in [-0.15, -0.1) is 0 Å². The van der Waals surface area contributed by atoms with E-state index in [1.54, 1.807) is 135 Å². The monoisotopic (exact) mass is 2470 g/mol. The molecule has 6 aromatic heterocycles. The number of carbonyl (C=O) groups excluding carboxylic acids is 3. The Labute approximate surface area is 851 Å². The van der Waals surface area contributed by atoms with Crippen LogP contribution in [0.2, 0.25) is 0 Å². The maximum atomic E-state index is 14.4. The summed E-state index contributed by atoms with van der Waals surface area (Å²) < 4.78 is 254. The van der Waals surface area contributed by atoms with Crippen molar-refractivity contribution in [2.24, 2.45) is 10.1 Å². The van der Waals surface area contributed by atoms with Crippen LogP contribution in [0.5, 0.6) is 0 Å². The van der Waals surface area contributed by atoms with Gasteiger partial charge in [-0.3, -0.25) is 9.59 Å². The predicted octanol–water partition coefficient (Wildman–Crippen LogP) is 21.5. The molecule has 760 valence electrons. The molecule has 0 amide bonds. The number of nitrogens with zero attached hydrogens (tertiary/aromatic N) is 7. The van der Waals surface area contributed by atoms with Crippen LogP contribution in [0.25, 0.3) is 0 Å². The average Bonchev–Trinajstić information content (AvgIpc) is 0.795. The average molecular weight is 2470 g/mol. The first-order valence-electron chi connectivity index (χ1n) is 40.0. The highest BCUT2D eigenvalue weighted by Crippen LogP contribution is 2.40. The van der Waals surface area contributed by atoms with E-state index in [0.29, 0.717) is 43.3 Å². The summed E-state index contributed by atoms with van der Waals surface area (Å²) in [7, 11) is -7.57. The van der Waals surface area contributed by atoms with Gasteiger partial charge in [-0.05, 0) is 330 Å². The van der Waals surface area contributed by atoms with Crippen molar-refractivity contribution in [3.05, 3.63) is 204 Å². The van der Waals surface area contributed by atoms with E-state index in [-0.39, 0.29) is 70.6 Å². The summed E-state index contributed by atoms with van der Waals surface area (Å²) in [4.78, 5) is 55.4. The molecule has 6 heterocycles. The van der Waals surface area contributed by atoms with Crippen molar-refractivity contribution in [3.63, 3.8) is 0 Å². The minimum atomic E-state index is -4.89. The van der Waals surface area contributed by atoms with Crippen molar-refractivity contribution >= 4 is 190 Å². The second-order valence-corrected chi connectivity index (χ2v) is 53.2. The number of aliphatic hydroxyl groups is 3. The van der Waals surface area contributed by atoms with Crippen LogP contribution < -0.4 is 24.6 Å². The number of nitrogens with two attached hydrogens (primary N) is 1. The Hall–Kier alpha value is -4.52. The zero-order valence-corrected chi connectivity index (χ0v) is 93.6. The molecule has 135 heavy (non-hydrogen) atoms. The van der Waals surface area contributed by atoms with E-state index in [1.165, 1.54) is 75.9 Å². The molecule has 49 heteroatoms. The topological polar surface area (TPSA) is 370 Å². The number of ketones is 1. The maximum Gasteiger partial charge on any atom is 0.414 e. The van der Waals surface area contributed by atoms with E-state index in [9.17, 15) is 103 Å². The Morgan fingerprint density at radius 1 is 0.430 bits per heavy atom. The molecule has 24 nitrogen and oxygen atoms in total. The van der Waals surface area contributed by atoms with Crippen molar-refractivity contribution in [2.45, 2.75) is 287 Å². The standard InChI is InChI=1S/C17H26BrFN2O3S.C14H19BrF4N2O2S.C13H20BrFN2O2S.C13H18BrFN2O2S.C11H14BrFN2OS.C10H11BrF4N2O.C8H6BrFO/c1-15(2,3)24-13(22)9-17(7,21-25(23)16(4,5)6)12-8-11(18)10-20-14(12)19;1-12(2,3)24(23)21-13(4,6-10(22)14(17,18)19)9-5-8(15)7-20-11(9)16;2*1-12(2,3)20(19)17-13(4,5-6-18)10-7-9(14)8-16-11(10)15;1-7(15-17(16)11(2,3)4)9-5-8(12)6-14-10(9)13;1-9(16,3-7(18)10(13,14)15)6-2-5(11)4-17-8(6)12;1-5(11)7-4-6(9)2-3-8(7)10/h8,10,21H,9H2,1-7H3;5,7,10,21-22H,6H2,1-4H3;7-8,17-18H,5-6H2,1-4H3;6-8,17H,5H2,1-4H3;5-6H,1-4H3;2,4,7,18H,3,16H2,1H3;2-4H,1H3/t17-,25+;10-,13-,24+;2*13-,20+;17-;7-,9-;/m000010./s1. The Balaban J connectivity index is 0.000000795. The number of nitrogens with one attached hydrogen (secondary N) is 4. The van der Waals surface area contributed by atoms with Crippen LogP contribution in [-0.4, -0.2) is 151 Å². The van der Waals surface area contributed by atoms with Gasteiger partial charge in [-0.1, -0.05) is 15.9 Å². The fourth-order valence-corrected chi connectivity index (χ4v) is 16.9. The molecule has 0 saturated carbocycles. The van der Waals surface area contributed by atoms with Crippen molar-refractivity contribution < 1.29 is 113 Å². The van der Waals surface area contributed by atoms with Crippen LogP contribution in [0.1, 0.15) is 249 Å². The summed E-state index contributed by atoms with van der Waals surface area (Å²) in [5.41, 5.74) is -0.792. The minimum Gasteiger partial charge on any atom is -0.460 e. The molecular formula is C86H114Br7F13N12O12S5. The number of hydrogen-bond donors (Lipinski definition) is 8. The van der Waals surface area contributed by atoms with Gasteiger partial charge in [0.1, 0.15) is 28.7 Å². The number of aromatic nitrogens is 6. The Bertz CT molecular complexity index is 5350. The number of alkyl halides is 6. The number of pyridine rings is 6. The van der Waals surface area contributed by atoms with E-state index in [1.807, 2.05) is 41.5 Å². The quantitative estimate of drug-likeness (QED) is 0.00623. The zero-order valence-electron chi connectivity index (χ0n) is 78.5. The molecule has 7 aromatic rings. The number of ether oxygens (including phenoxy) is 1. The van der Waals surface area contributed by atoms with Gasteiger partial charge in [0.25, 0.3) is 0 Å². The van der Waals surface area contributed by atoms with Gasteiger partial charge in [0.05, 0.1) is 113 Å². The normalized spacial score (nSPS) is 16.1. The molecule has 0 spiro atoms. The first-order chi connectivity index (χ1) is 60.9. The lowest BCUT2D eigenvalue weighted by Crippen LogP contribution is -2.50. The van der Waals surface area contributed by atoms with Gasteiger partial charge in [0, 0.05) is 128 Å². The first-order valence-corrected chi connectivity index (χ1v) is 51.3. The second-order valence-electron chi connectivity index (χ2n) is 37.0. The molecule has 0 saturated heterocycles. The predicted molar refractivity (Wildman–Crippen MR) is 527 cm³/mol. The van der Waals surface area contributed by atoms with Crippen LogP contribution >= 0.6 is 112 Å². The lowest BCUT2D eigenvalue weighted by atomic mass is 9.88. The first kappa shape index (κ1) is 128. The number of benzene rings is 1. The third-order valence-electron chi connectivity index (χ3n) is 17.8. The minimum absolute atomic E-state index is 0.0100. The molecule has 9 N–H and O–H groups in total. The summed E-state index contributed by atoms with van der Waals surface area (Å²) in [5.74, 6) is -5.88. The molecule has 0 aliphatic rings. The van der Waals surface area contributed by atoms with E-state index in [2.05, 4.69) is 165 Å². The SMILES string of the molecule is CC(=N[S@](=O)C(C)(C)C)c1cc(Br)cnc1F.CC(=O)c1cc(Br)ccc1F.CC(C)(C)OC(=O)C[C@](C)(N[S@](=O)C(C)(C)C)c1cc(Br)cnc1F.CC(C)(C)[S@@](=O)N[C@@](C)(CC=O)c1cc(Br)cnc1F.CC(C)(C)[S@@](=O)N[C@@](C)(CCO)c1cc(Br)cnc1F.CC(C)(C)[S@@](=O)N[C@@](C)(C[C@H](O)C(F)(F)F)c1cc(Br)cnc1F.C[C@](N)(C[C@H](O)C(F)(F)F)c1cc(Br)cnc1F. The van der Waals surface area contributed by atoms with Crippen molar-refractivity contribution in [1.29, 1.82) is 0 Å². The molecule has 0 unspecified atom stereocenters. The molecule has 0 fully saturated rings. The van der Waals surface area contributed by atoms with Gasteiger partial charge >= 0.3 is 18.3 Å². The summed E-state index contributed by atoms with van der Waals surface area (Å²) in [5, 5.41) is 27.7. The number of aliphatic hydroxyl groups excluding tert-OH is 3. The Morgan fingerprint density at radius 2 is 0.726 bits per heavy atom. The van der Waals surface area contributed by atoms with Gasteiger partial charge in [-0.2, -0.15) is 57.1 Å². The van der Waals surface area contributed by atoms with E-state index in [4.69, 9.17) is 15.6 Å². The molecule has 1 aromatic carbocycles. The van der Waals surface area contributed by atoms with Crippen LogP contribution in [0.3, 0.4) is 0 Å². The van der Waals surface area contributed by atoms with Crippen LogP contribution in [0, 0.1) is 41.5 Å². The van der Waals surface area contributed by atoms with Crippen LogP contribution in [-0.2, 0) is 96.9 Å². The Morgan fingerprint density at radius 3 is 1.05 bits per heavy atom. The van der Waals surface area contributed by atoms with E-state index < -0.39 is 197 Å². The summed E-state index contributed by atoms with van der Waals surface area (Å²) in [6.07, 6.45) is -8.40. The summed E-state index contributed by atoms with van der Waals surface area (Å²) in [6.45, 7) is 42.0. The number of carbonyl (C=O) groups is 3. The molecule has 0 bridgehead atoms. The van der Waals surface area contributed by atoms with Crippen molar-refractivity contribution in [1.82, 2.24) is 48.8 Å². The number of Topliss-reactive ketones (excluding diaryl/α,β-unsaturated/α-hetero) is 1. The lowest BCUT2D eigenvalue weighted by Gasteiger charge is -2.35. The van der Waals surface area contributed by atoms with E-state index >= 15 is 0 Å². The summed E-state index contributed by atoms with van der Waals surface area (Å²) >= 11 is 22.2. The number of esters is 1. The smallest absolute Gasteiger partial charge is 0.414 e. The number of halogens is 20. The third-order valence-corrected chi connectivity index (χ3v) is 29.3. The van der Waals surface area contributed by atoms with Gasteiger partial charge in [0.15, 0.2) is 18.0 Å². The molecule has 7 rings (SSSR count). The fraction of sp³-hybridized carbons (Fsp3) is 0.535. The number of rotatable bonds is 26.